The maximum atomic E-state index is 5.93. The van der Waals surface area contributed by atoms with E-state index in [1.807, 2.05) is 12.3 Å². The molecular weight excluding hydrogens is 198 g/mol. The minimum atomic E-state index is -0.0120. The van der Waals surface area contributed by atoms with Gasteiger partial charge in [-0.2, -0.15) is 0 Å². The molecule has 1 aromatic heterocycles. The van der Waals surface area contributed by atoms with Gasteiger partial charge in [0.1, 0.15) is 5.15 Å². The highest BCUT2D eigenvalue weighted by molar-refractivity contribution is 6.29. The van der Waals surface area contributed by atoms with Gasteiger partial charge in [-0.1, -0.05) is 24.4 Å². The highest BCUT2D eigenvalue weighted by Crippen LogP contribution is 2.48. The van der Waals surface area contributed by atoms with Gasteiger partial charge in [0.05, 0.1) is 12.2 Å². The first-order valence-electron chi connectivity index (χ1n) is 5.09. The number of pyridine rings is 1. The summed E-state index contributed by atoms with van der Waals surface area (Å²) in [6.07, 6.45) is 6.66. The average molecular weight is 210 g/mol. The highest BCUT2D eigenvalue weighted by Gasteiger charge is 2.42. The SMILES string of the molecule is Clc1cc2c(cn1)COC21CCCC1. The Hall–Kier alpha value is -0.600. The van der Waals surface area contributed by atoms with E-state index in [-0.39, 0.29) is 5.60 Å². The van der Waals surface area contributed by atoms with E-state index in [0.717, 1.165) is 12.8 Å². The van der Waals surface area contributed by atoms with Crippen molar-refractivity contribution in [2.75, 3.05) is 0 Å². The molecular formula is C11H12ClNO. The monoisotopic (exact) mass is 209 g/mol. The summed E-state index contributed by atoms with van der Waals surface area (Å²) in [5.74, 6) is 0. The molecule has 2 aliphatic rings. The van der Waals surface area contributed by atoms with Crippen LogP contribution >= 0.6 is 11.6 Å². The van der Waals surface area contributed by atoms with Gasteiger partial charge in [0.2, 0.25) is 0 Å². The molecule has 2 heterocycles. The molecule has 0 aromatic carbocycles. The van der Waals surface area contributed by atoms with Crippen molar-refractivity contribution >= 4 is 11.6 Å². The molecule has 1 spiro atoms. The van der Waals surface area contributed by atoms with Crippen molar-refractivity contribution in [3.63, 3.8) is 0 Å². The van der Waals surface area contributed by atoms with Crippen molar-refractivity contribution < 1.29 is 4.74 Å². The Morgan fingerprint density at radius 2 is 2.14 bits per heavy atom. The summed E-state index contributed by atoms with van der Waals surface area (Å²) in [6.45, 7) is 0.708. The first-order valence-corrected chi connectivity index (χ1v) is 5.47. The molecule has 0 saturated heterocycles. The summed E-state index contributed by atoms with van der Waals surface area (Å²) in [7, 11) is 0. The summed E-state index contributed by atoms with van der Waals surface area (Å²) in [5, 5.41) is 0.584. The first kappa shape index (κ1) is 8.69. The summed E-state index contributed by atoms with van der Waals surface area (Å²) >= 11 is 5.92. The van der Waals surface area contributed by atoms with Crippen molar-refractivity contribution in [3.8, 4) is 0 Å². The molecule has 1 aliphatic carbocycles. The van der Waals surface area contributed by atoms with E-state index in [4.69, 9.17) is 16.3 Å². The van der Waals surface area contributed by atoms with Crippen molar-refractivity contribution in [2.24, 2.45) is 0 Å². The number of fused-ring (bicyclic) bond motifs is 2. The van der Waals surface area contributed by atoms with Gasteiger partial charge in [0.15, 0.2) is 0 Å². The van der Waals surface area contributed by atoms with Crippen LogP contribution in [0.5, 0.6) is 0 Å². The minimum Gasteiger partial charge on any atom is -0.366 e. The van der Waals surface area contributed by atoms with Crippen LogP contribution in [0.2, 0.25) is 5.15 Å². The minimum absolute atomic E-state index is 0.0120. The van der Waals surface area contributed by atoms with Crippen molar-refractivity contribution in [1.82, 2.24) is 4.98 Å². The number of nitrogens with zero attached hydrogens (tertiary/aromatic N) is 1. The second kappa shape index (κ2) is 2.94. The van der Waals surface area contributed by atoms with Crippen molar-refractivity contribution in [2.45, 2.75) is 37.9 Å². The van der Waals surface area contributed by atoms with Crippen LogP contribution < -0.4 is 0 Å². The van der Waals surface area contributed by atoms with Crippen molar-refractivity contribution in [3.05, 3.63) is 28.5 Å². The van der Waals surface area contributed by atoms with E-state index >= 15 is 0 Å². The normalized spacial score (nSPS) is 22.9. The molecule has 0 N–H and O–H groups in total. The average Bonchev–Trinajstić information content (AvgIpc) is 2.77. The quantitative estimate of drug-likeness (QED) is 0.613. The van der Waals surface area contributed by atoms with E-state index < -0.39 is 0 Å². The van der Waals surface area contributed by atoms with Crippen LogP contribution in [-0.4, -0.2) is 4.98 Å². The molecule has 0 radical (unpaired) electrons. The fourth-order valence-corrected chi connectivity index (χ4v) is 2.81. The van der Waals surface area contributed by atoms with E-state index in [0.29, 0.717) is 11.8 Å². The van der Waals surface area contributed by atoms with Gasteiger partial charge < -0.3 is 4.74 Å². The molecule has 0 atom stereocenters. The van der Waals surface area contributed by atoms with Gasteiger partial charge >= 0.3 is 0 Å². The van der Waals surface area contributed by atoms with Gasteiger partial charge in [0, 0.05) is 11.8 Å². The zero-order chi connectivity index (χ0) is 9.60. The molecule has 1 saturated carbocycles. The number of rotatable bonds is 0. The Kier molecular flexibility index (Phi) is 1.83. The number of halogens is 1. The molecule has 3 heteroatoms. The fourth-order valence-electron chi connectivity index (χ4n) is 2.65. The lowest BCUT2D eigenvalue weighted by Gasteiger charge is -2.23. The lowest BCUT2D eigenvalue weighted by molar-refractivity contribution is -0.0325. The number of hydrogen-bond acceptors (Lipinski definition) is 2. The third kappa shape index (κ3) is 1.11. The Morgan fingerprint density at radius 1 is 1.36 bits per heavy atom. The first-order chi connectivity index (χ1) is 6.80. The highest BCUT2D eigenvalue weighted by atomic mass is 35.5. The van der Waals surface area contributed by atoms with E-state index in [1.165, 1.54) is 24.0 Å². The number of hydrogen-bond donors (Lipinski definition) is 0. The Morgan fingerprint density at radius 3 is 2.93 bits per heavy atom. The fraction of sp³-hybridized carbons (Fsp3) is 0.545. The van der Waals surface area contributed by atoms with Gasteiger partial charge in [-0.3, -0.25) is 0 Å². The number of aromatic nitrogens is 1. The van der Waals surface area contributed by atoms with Crippen LogP contribution in [0.15, 0.2) is 12.3 Å². The largest absolute Gasteiger partial charge is 0.366 e. The lowest BCUT2D eigenvalue weighted by Crippen LogP contribution is -2.20. The molecule has 1 fully saturated rings. The van der Waals surface area contributed by atoms with E-state index in [9.17, 15) is 0 Å². The van der Waals surface area contributed by atoms with E-state index in [1.54, 1.807) is 0 Å². The second-order valence-corrected chi connectivity index (χ2v) is 4.54. The Balaban J connectivity index is 2.12. The van der Waals surface area contributed by atoms with Gasteiger partial charge in [0.25, 0.3) is 0 Å². The molecule has 0 amide bonds. The van der Waals surface area contributed by atoms with Gasteiger partial charge in [-0.15, -0.1) is 0 Å². The number of ether oxygens (including phenoxy) is 1. The molecule has 2 nitrogen and oxygen atoms in total. The third-order valence-corrected chi connectivity index (χ3v) is 3.57. The van der Waals surface area contributed by atoms with E-state index in [2.05, 4.69) is 4.98 Å². The predicted octanol–water partition coefficient (Wildman–Crippen LogP) is 3.03. The summed E-state index contributed by atoms with van der Waals surface area (Å²) in [6, 6.07) is 1.98. The maximum Gasteiger partial charge on any atom is 0.129 e. The molecule has 3 rings (SSSR count). The Labute approximate surface area is 88.2 Å². The summed E-state index contributed by atoms with van der Waals surface area (Å²) in [4.78, 5) is 4.09. The molecule has 14 heavy (non-hydrogen) atoms. The topological polar surface area (TPSA) is 22.1 Å². The summed E-state index contributed by atoms with van der Waals surface area (Å²) < 4.78 is 5.93. The third-order valence-electron chi connectivity index (χ3n) is 3.36. The van der Waals surface area contributed by atoms with Crippen LogP contribution in [-0.2, 0) is 16.9 Å². The zero-order valence-corrected chi connectivity index (χ0v) is 8.68. The van der Waals surface area contributed by atoms with Crippen LogP contribution in [0, 0.1) is 0 Å². The lowest BCUT2D eigenvalue weighted by atomic mass is 9.92. The molecule has 1 aromatic rings. The standard InChI is InChI=1S/C11H12ClNO/c12-10-5-9-8(6-13-10)7-14-11(9)3-1-2-4-11/h5-6H,1-4,7H2. The molecule has 1 aliphatic heterocycles. The second-order valence-electron chi connectivity index (χ2n) is 4.15. The Bertz CT molecular complexity index is 372. The molecule has 0 unspecified atom stereocenters. The van der Waals surface area contributed by atoms with Crippen LogP contribution in [0.1, 0.15) is 36.8 Å². The maximum absolute atomic E-state index is 5.93. The molecule has 74 valence electrons. The predicted molar refractivity (Wildman–Crippen MR) is 54.2 cm³/mol. The zero-order valence-electron chi connectivity index (χ0n) is 7.92. The van der Waals surface area contributed by atoms with Gasteiger partial charge in [-0.05, 0) is 24.5 Å². The summed E-state index contributed by atoms with van der Waals surface area (Å²) in [5.41, 5.74) is 2.49. The van der Waals surface area contributed by atoms with Crippen LogP contribution in [0.3, 0.4) is 0 Å². The smallest absolute Gasteiger partial charge is 0.129 e. The van der Waals surface area contributed by atoms with Gasteiger partial charge in [-0.25, -0.2) is 4.98 Å². The van der Waals surface area contributed by atoms with Crippen LogP contribution in [0.25, 0.3) is 0 Å². The molecule has 0 bridgehead atoms. The van der Waals surface area contributed by atoms with Crippen LogP contribution in [0.4, 0.5) is 0 Å². The van der Waals surface area contributed by atoms with Crippen molar-refractivity contribution in [1.29, 1.82) is 0 Å².